The molecule has 0 saturated heterocycles. The lowest BCUT2D eigenvalue weighted by Gasteiger charge is -2.01. The molecule has 0 heterocycles. The third-order valence-electron chi connectivity index (χ3n) is 1.35. The molecular formula is C10H17NO2. The second kappa shape index (κ2) is 7.55. The van der Waals surface area contributed by atoms with Crippen molar-refractivity contribution >= 4 is 5.91 Å². The van der Waals surface area contributed by atoms with Gasteiger partial charge >= 0.3 is 0 Å². The van der Waals surface area contributed by atoms with Crippen LogP contribution in [0.25, 0.3) is 0 Å². The highest BCUT2D eigenvalue weighted by Crippen LogP contribution is 1.88. The minimum atomic E-state index is -0.274. The number of carbonyl (C=O) groups is 1. The average Bonchev–Trinajstić information content (AvgIpc) is 2.10. The zero-order valence-corrected chi connectivity index (χ0v) is 8.30. The zero-order valence-electron chi connectivity index (χ0n) is 8.30. The molecule has 0 bridgehead atoms. The first-order valence-electron chi connectivity index (χ1n) is 4.41. The van der Waals surface area contributed by atoms with Crippen LogP contribution in [0.15, 0.2) is 24.3 Å². The van der Waals surface area contributed by atoms with E-state index in [0.717, 1.165) is 12.8 Å². The third kappa shape index (κ3) is 7.28. The molecular weight excluding hydrogens is 166 g/mol. The first kappa shape index (κ1) is 11.9. The third-order valence-corrected chi connectivity index (χ3v) is 1.35. The minimum absolute atomic E-state index is 0.274. The summed E-state index contributed by atoms with van der Waals surface area (Å²) >= 11 is 0. The Bertz CT molecular complexity index is 197. The second-order valence-corrected chi connectivity index (χ2v) is 2.78. The molecule has 0 aliphatic rings. The van der Waals surface area contributed by atoms with Gasteiger partial charge in [0.25, 0.3) is 5.91 Å². The molecule has 0 saturated carbocycles. The van der Waals surface area contributed by atoms with Gasteiger partial charge in [0.05, 0.1) is 6.61 Å². The standard InChI is InChI=1S/C10H17NO2/c1-4-5-6-7-8-13-11-10(12)9(2)3/h6-7H,2,4-5,8H2,1,3H3,(H,11,12)/b7-6+. The number of rotatable bonds is 6. The van der Waals surface area contributed by atoms with Crippen molar-refractivity contribution < 1.29 is 9.63 Å². The summed E-state index contributed by atoms with van der Waals surface area (Å²) in [6.45, 7) is 7.61. The van der Waals surface area contributed by atoms with Gasteiger partial charge in [-0.05, 0) is 13.3 Å². The first-order valence-corrected chi connectivity index (χ1v) is 4.41. The molecule has 0 aliphatic heterocycles. The Morgan fingerprint density at radius 1 is 1.54 bits per heavy atom. The highest BCUT2D eigenvalue weighted by molar-refractivity contribution is 5.91. The van der Waals surface area contributed by atoms with E-state index in [1.165, 1.54) is 0 Å². The van der Waals surface area contributed by atoms with Crippen molar-refractivity contribution in [2.24, 2.45) is 0 Å². The Morgan fingerprint density at radius 3 is 2.77 bits per heavy atom. The van der Waals surface area contributed by atoms with Crippen LogP contribution in [0.5, 0.6) is 0 Å². The van der Waals surface area contributed by atoms with Gasteiger partial charge in [-0.15, -0.1) is 0 Å². The minimum Gasteiger partial charge on any atom is -0.269 e. The Kier molecular flexibility index (Phi) is 6.92. The predicted molar refractivity (Wildman–Crippen MR) is 53.0 cm³/mol. The summed E-state index contributed by atoms with van der Waals surface area (Å²) in [6, 6.07) is 0. The molecule has 0 aromatic rings. The van der Waals surface area contributed by atoms with Crippen LogP contribution in [-0.2, 0) is 9.63 Å². The molecule has 0 spiro atoms. The molecule has 0 atom stereocenters. The fourth-order valence-electron chi connectivity index (χ4n) is 0.595. The molecule has 13 heavy (non-hydrogen) atoms. The van der Waals surface area contributed by atoms with Gasteiger partial charge in [-0.2, -0.15) is 0 Å². The maximum absolute atomic E-state index is 10.9. The number of hydroxylamine groups is 1. The number of amides is 1. The molecule has 3 nitrogen and oxygen atoms in total. The summed E-state index contributed by atoms with van der Waals surface area (Å²) in [4.78, 5) is 15.7. The maximum Gasteiger partial charge on any atom is 0.269 e. The van der Waals surface area contributed by atoms with E-state index in [-0.39, 0.29) is 5.91 Å². The second-order valence-electron chi connectivity index (χ2n) is 2.78. The molecule has 74 valence electrons. The van der Waals surface area contributed by atoms with Gasteiger partial charge in [-0.1, -0.05) is 32.1 Å². The SMILES string of the molecule is C=C(C)C(=O)NOC/C=C/CCC. The zero-order chi connectivity index (χ0) is 10.1. The molecule has 1 N–H and O–H groups in total. The fourth-order valence-corrected chi connectivity index (χ4v) is 0.595. The Morgan fingerprint density at radius 2 is 2.23 bits per heavy atom. The molecule has 1 amide bonds. The van der Waals surface area contributed by atoms with E-state index >= 15 is 0 Å². The smallest absolute Gasteiger partial charge is 0.269 e. The number of hydrogen-bond acceptors (Lipinski definition) is 2. The van der Waals surface area contributed by atoms with Crippen molar-refractivity contribution in [2.45, 2.75) is 26.7 Å². The number of nitrogens with one attached hydrogen (secondary N) is 1. The van der Waals surface area contributed by atoms with Crippen molar-refractivity contribution in [3.05, 3.63) is 24.3 Å². The maximum atomic E-state index is 10.9. The Labute approximate surface area is 79.4 Å². The average molecular weight is 183 g/mol. The van der Waals surface area contributed by atoms with Crippen LogP contribution in [0.4, 0.5) is 0 Å². The molecule has 3 heteroatoms. The van der Waals surface area contributed by atoms with E-state index < -0.39 is 0 Å². The van der Waals surface area contributed by atoms with Crippen molar-refractivity contribution in [1.82, 2.24) is 5.48 Å². The van der Waals surface area contributed by atoms with Gasteiger partial charge in [-0.25, -0.2) is 5.48 Å². The summed E-state index contributed by atoms with van der Waals surface area (Å²) in [5.74, 6) is -0.274. The van der Waals surface area contributed by atoms with Crippen molar-refractivity contribution in [3.63, 3.8) is 0 Å². The monoisotopic (exact) mass is 183 g/mol. The van der Waals surface area contributed by atoms with Gasteiger partial charge in [-0.3, -0.25) is 9.63 Å². The molecule has 0 fully saturated rings. The highest BCUT2D eigenvalue weighted by atomic mass is 16.6. The fraction of sp³-hybridized carbons (Fsp3) is 0.500. The number of allylic oxidation sites excluding steroid dienone is 1. The summed E-state index contributed by atoms with van der Waals surface area (Å²) in [7, 11) is 0. The molecule has 0 rings (SSSR count). The van der Waals surface area contributed by atoms with Crippen LogP contribution in [0.1, 0.15) is 26.7 Å². The van der Waals surface area contributed by atoms with E-state index in [1.54, 1.807) is 6.92 Å². The van der Waals surface area contributed by atoms with Crippen LogP contribution in [0.2, 0.25) is 0 Å². The van der Waals surface area contributed by atoms with Gasteiger partial charge in [0.1, 0.15) is 0 Å². The first-order chi connectivity index (χ1) is 6.18. The largest absolute Gasteiger partial charge is 0.269 e. The van der Waals surface area contributed by atoms with E-state index in [1.807, 2.05) is 12.2 Å². The van der Waals surface area contributed by atoms with Crippen molar-refractivity contribution in [1.29, 1.82) is 0 Å². The van der Waals surface area contributed by atoms with Gasteiger partial charge < -0.3 is 0 Å². The summed E-state index contributed by atoms with van der Waals surface area (Å²) in [5, 5.41) is 0. The Balaban J connectivity index is 3.35. The molecule has 0 unspecified atom stereocenters. The lowest BCUT2D eigenvalue weighted by Crippen LogP contribution is -2.23. The highest BCUT2D eigenvalue weighted by Gasteiger charge is 1.98. The topological polar surface area (TPSA) is 38.3 Å². The van der Waals surface area contributed by atoms with Crippen molar-refractivity contribution in [2.75, 3.05) is 6.61 Å². The van der Waals surface area contributed by atoms with E-state index in [2.05, 4.69) is 19.0 Å². The van der Waals surface area contributed by atoms with E-state index in [9.17, 15) is 4.79 Å². The summed E-state index contributed by atoms with van der Waals surface area (Å²) < 4.78 is 0. The molecule has 0 aliphatic carbocycles. The van der Waals surface area contributed by atoms with Gasteiger partial charge in [0.15, 0.2) is 0 Å². The van der Waals surface area contributed by atoms with E-state index in [0.29, 0.717) is 12.2 Å². The number of carbonyl (C=O) groups excluding carboxylic acids is 1. The van der Waals surface area contributed by atoms with Crippen molar-refractivity contribution in [3.8, 4) is 0 Å². The lowest BCUT2D eigenvalue weighted by atomic mass is 10.3. The van der Waals surface area contributed by atoms with Gasteiger partial charge in [0, 0.05) is 5.57 Å². The van der Waals surface area contributed by atoms with Crippen LogP contribution >= 0.6 is 0 Å². The predicted octanol–water partition coefficient (Wildman–Crippen LogP) is 1.97. The quantitative estimate of drug-likeness (QED) is 0.296. The number of hydrogen-bond donors (Lipinski definition) is 1. The number of unbranched alkanes of at least 4 members (excludes halogenated alkanes) is 1. The van der Waals surface area contributed by atoms with Crippen LogP contribution < -0.4 is 5.48 Å². The van der Waals surface area contributed by atoms with Crippen LogP contribution in [-0.4, -0.2) is 12.5 Å². The molecule has 0 aromatic heterocycles. The lowest BCUT2D eigenvalue weighted by molar-refractivity contribution is -0.128. The normalized spacial score (nSPS) is 10.3. The molecule has 0 aromatic carbocycles. The summed E-state index contributed by atoms with van der Waals surface area (Å²) in [6.07, 6.45) is 6.06. The van der Waals surface area contributed by atoms with Crippen LogP contribution in [0, 0.1) is 0 Å². The van der Waals surface area contributed by atoms with E-state index in [4.69, 9.17) is 4.84 Å². The van der Waals surface area contributed by atoms with Crippen LogP contribution in [0.3, 0.4) is 0 Å². The van der Waals surface area contributed by atoms with Gasteiger partial charge in [0.2, 0.25) is 0 Å². The summed E-state index contributed by atoms with van der Waals surface area (Å²) in [5.41, 5.74) is 2.71. The molecule has 0 radical (unpaired) electrons. The Hall–Kier alpha value is -1.09.